The van der Waals surface area contributed by atoms with E-state index in [0.717, 1.165) is 18.8 Å². The summed E-state index contributed by atoms with van der Waals surface area (Å²) in [5.41, 5.74) is 0. The van der Waals surface area contributed by atoms with Crippen LogP contribution in [0.4, 0.5) is 0 Å². The molecule has 1 fully saturated rings. The van der Waals surface area contributed by atoms with Crippen molar-refractivity contribution in [1.29, 1.82) is 0 Å². The Morgan fingerprint density at radius 2 is 2.10 bits per heavy atom. The summed E-state index contributed by atoms with van der Waals surface area (Å²) in [4.78, 5) is 4.54. The van der Waals surface area contributed by atoms with Crippen molar-refractivity contribution in [3.63, 3.8) is 0 Å². The van der Waals surface area contributed by atoms with Crippen LogP contribution in [0.2, 0.25) is 0 Å². The third-order valence-electron chi connectivity index (χ3n) is 4.10. The quantitative estimate of drug-likeness (QED) is 0.832. The van der Waals surface area contributed by atoms with Gasteiger partial charge in [-0.3, -0.25) is 0 Å². The Morgan fingerprint density at radius 3 is 2.75 bits per heavy atom. The van der Waals surface area contributed by atoms with Crippen LogP contribution in [0.15, 0.2) is 4.52 Å². The van der Waals surface area contributed by atoms with E-state index in [9.17, 15) is 0 Å². The SMILES string of the molecule is CCNC(C)Cc1nc(C(OC)C2CCCCC2)no1. The molecule has 1 aromatic heterocycles. The van der Waals surface area contributed by atoms with Crippen LogP contribution in [0.3, 0.4) is 0 Å². The first kappa shape index (κ1) is 15.4. The van der Waals surface area contributed by atoms with Gasteiger partial charge >= 0.3 is 0 Å². The third-order valence-corrected chi connectivity index (χ3v) is 4.10. The number of likely N-dealkylation sites (N-methyl/N-ethyl adjacent to an activating group) is 1. The van der Waals surface area contributed by atoms with Crippen molar-refractivity contribution in [2.75, 3.05) is 13.7 Å². The maximum Gasteiger partial charge on any atom is 0.228 e. The topological polar surface area (TPSA) is 60.2 Å². The Labute approximate surface area is 121 Å². The molecule has 5 heteroatoms. The van der Waals surface area contributed by atoms with Gasteiger partial charge in [-0.1, -0.05) is 31.3 Å². The molecule has 20 heavy (non-hydrogen) atoms. The van der Waals surface area contributed by atoms with Crippen LogP contribution >= 0.6 is 0 Å². The number of aromatic nitrogens is 2. The Balaban J connectivity index is 1.98. The molecule has 2 rings (SSSR count). The largest absolute Gasteiger partial charge is 0.373 e. The van der Waals surface area contributed by atoms with Crippen molar-refractivity contribution >= 4 is 0 Å². The first-order chi connectivity index (χ1) is 9.74. The zero-order valence-electron chi connectivity index (χ0n) is 12.9. The van der Waals surface area contributed by atoms with E-state index in [-0.39, 0.29) is 6.10 Å². The summed E-state index contributed by atoms with van der Waals surface area (Å²) in [5.74, 6) is 1.95. The van der Waals surface area contributed by atoms with E-state index in [1.165, 1.54) is 32.1 Å². The van der Waals surface area contributed by atoms with E-state index in [0.29, 0.717) is 17.9 Å². The van der Waals surface area contributed by atoms with Crippen LogP contribution in [0.1, 0.15) is 63.8 Å². The summed E-state index contributed by atoms with van der Waals surface area (Å²) < 4.78 is 11.0. The molecule has 1 N–H and O–H groups in total. The lowest BCUT2D eigenvalue weighted by Gasteiger charge is -2.26. The lowest BCUT2D eigenvalue weighted by atomic mass is 9.85. The number of hydrogen-bond donors (Lipinski definition) is 1. The van der Waals surface area contributed by atoms with E-state index in [4.69, 9.17) is 9.26 Å². The number of hydrogen-bond acceptors (Lipinski definition) is 5. The molecule has 2 atom stereocenters. The Bertz CT molecular complexity index is 388. The summed E-state index contributed by atoms with van der Waals surface area (Å²) in [6.07, 6.45) is 7.07. The number of methoxy groups -OCH3 is 1. The second-order valence-corrected chi connectivity index (χ2v) is 5.76. The minimum Gasteiger partial charge on any atom is -0.373 e. The molecular weight excluding hydrogens is 254 g/mol. The number of nitrogens with one attached hydrogen (secondary N) is 1. The van der Waals surface area contributed by atoms with Crippen molar-refractivity contribution in [2.24, 2.45) is 5.92 Å². The van der Waals surface area contributed by atoms with Gasteiger partial charge in [-0.15, -0.1) is 0 Å². The molecule has 0 spiro atoms. The van der Waals surface area contributed by atoms with Crippen LogP contribution in [-0.2, 0) is 11.2 Å². The number of ether oxygens (including phenoxy) is 1. The van der Waals surface area contributed by atoms with E-state index in [2.05, 4.69) is 29.3 Å². The highest BCUT2D eigenvalue weighted by atomic mass is 16.5. The lowest BCUT2D eigenvalue weighted by Crippen LogP contribution is -2.27. The first-order valence-electron chi connectivity index (χ1n) is 7.83. The van der Waals surface area contributed by atoms with Gasteiger partial charge in [0.05, 0.1) is 0 Å². The molecule has 1 aliphatic rings. The molecule has 1 aromatic rings. The molecule has 0 radical (unpaired) electrons. The van der Waals surface area contributed by atoms with Crippen molar-refractivity contribution < 1.29 is 9.26 Å². The molecule has 5 nitrogen and oxygen atoms in total. The predicted octanol–water partition coefficient (Wildman–Crippen LogP) is 2.88. The Morgan fingerprint density at radius 1 is 1.35 bits per heavy atom. The average molecular weight is 281 g/mol. The first-order valence-corrected chi connectivity index (χ1v) is 7.83. The van der Waals surface area contributed by atoms with Gasteiger partial charge in [0.2, 0.25) is 11.7 Å². The minimum absolute atomic E-state index is 0.0118. The van der Waals surface area contributed by atoms with Crippen LogP contribution in [0.5, 0.6) is 0 Å². The van der Waals surface area contributed by atoms with Crippen molar-refractivity contribution in [3.05, 3.63) is 11.7 Å². The summed E-state index contributed by atoms with van der Waals surface area (Å²) in [5, 5.41) is 7.49. The predicted molar refractivity (Wildman–Crippen MR) is 77.5 cm³/mol. The Hall–Kier alpha value is -0.940. The smallest absolute Gasteiger partial charge is 0.228 e. The molecule has 0 amide bonds. The van der Waals surface area contributed by atoms with E-state index in [1.54, 1.807) is 7.11 Å². The molecule has 0 bridgehead atoms. The van der Waals surface area contributed by atoms with Gasteiger partial charge < -0.3 is 14.6 Å². The molecule has 114 valence electrons. The lowest BCUT2D eigenvalue weighted by molar-refractivity contribution is 0.0273. The summed E-state index contributed by atoms with van der Waals surface area (Å²) in [6, 6.07) is 0.351. The standard InChI is InChI=1S/C15H27N3O2/c1-4-16-11(2)10-13-17-15(18-20-13)14(19-3)12-8-6-5-7-9-12/h11-12,14,16H,4-10H2,1-3H3. The Kier molecular flexibility index (Phi) is 5.98. The highest BCUT2D eigenvalue weighted by Gasteiger charge is 2.29. The molecule has 1 heterocycles. The van der Waals surface area contributed by atoms with Gasteiger partial charge in [0.15, 0.2) is 0 Å². The van der Waals surface area contributed by atoms with Gasteiger partial charge in [-0.05, 0) is 32.2 Å². The number of nitrogens with zero attached hydrogens (tertiary/aromatic N) is 2. The van der Waals surface area contributed by atoms with Gasteiger partial charge in [0, 0.05) is 19.6 Å². The fourth-order valence-electron chi connectivity index (χ4n) is 3.09. The average Bonchev–Trinajstić information content (AvgIpc) is 2.89. The fourth-order valence-corrected chi connectivity index (χ4v) is 3.09. The molecule has 0 aromatic carbocycles. The molecule has 1 saturated carbocycles. The monoisotopic (exact) mass is 281 g/mol. The maximum atomic E-state index is 5.64. The van der Waals surface area contributed by atoms with Crippen molar-refractivity contribution in [2.45, 2.75) is 64.5 Å². The second kappa shape index (κ2) is 7.74. The molecular formula is C15H27N3O2. The molecule has 0 aliphatic heterocycles. The van der Waals surface area contributed by atoms with Crippen LogP contribution in [0, 0.1) is 5.92 Å². The van der Waals surface area contributed by atoms with Crippen LogP contribution < -0.4 is 5.32 Å². The minimum atomic E-state index is -0.0118. The second-order valence-electron chi connectivity index (χ2n) is 5.76. The van der Waals surface area contributed by atoms with Crippen molar-refractivity contribution in [1.82, 2.24) is 15.5 Å². The third kappa shape index (κ3) is 4.03. The van der Waals surface area contributed by atoms with E-state index < -0.39 is 0 Å². The summed E-state index contributed by atoms with van der Waals surface area (Å²) in [6.45, 7) is 5.17. The van der Waals surface area contributed by atoms with Crippen molar-refractivity contribution in [3.8, 4) is 0 Å². The van der Waals surface area contributed by atoms with E-state index in [1.807, 2.05) is 0 Å². The molecule has 2 unspecified atom stereocenters. The van der Waals surface area contributed by atoms with Gasteiger partial charge in [-0.2, -0.15) is 4.98 Å². The van der Waals surface area contributed by atoms with Crippen LogP contribution in [-0.4, -0.2) is 29.8 Å². The normalized spacial score (nSPS) is 19.9. The zero-order chi connectivity index (χ0) is 14.4. The van der Waals surface area contributed by atoms with Gasteiger partial charge in [0.1, 0.15) is 6.10 Å². The molecule has 1 aliphatic carbocycles. The number of rotatable bonds is 7. The van der Waals surface area contributed by atoms with Gasteiger partial charge in [-0.25, -0.2) is 0 Å². The summed E-state index contributed by atoms with van der Waals surface area (Å²) in [7, 11) is 1.75. The van der Waals surface area contributed by atoms with E-state index >= 15 is 0 Å². The summed E-state index contributed by atoms with van der Waals surface area (Å²) >= 11 is 0. The maximum absolute atomic E-state index is 5.64. The molecule has 0 saturated heterocycles. The van der Waals surface area contributed by atoms with Crippen LogP contribution in [0.25, 0.3) is 0 Å². The van der Waals surface area contributed by atoms with Gasteiger partial charge in [0.25, 0.3) is 0 Å². The highest BCUT2D eigenvalue weighted by molar-refractivity contribution is 4.96. The zero-order valence-corrected chi connectivity index (χ0v) is 12.9. The highest BCUT2D eigenvalue weighted by Crippen LogP contribution is 2.35. The fraction of sp³-hybridized carbons (Fsp3) is 0.867.